The highest BCUT2D eigenvalue weighted by atomic mass is 32.3. The molecule has 2 nitrogen and oxygen atoms in total. The van der Waals surface area contributed by atoms with Gasteiger partial charge in [-0.15, -0.1) is 10.0 Å². The Morgan fingerprint density at radius 2 is 0.866 bits per heavy atom. The lowest BCUT2D eigenvalue weighted by atomic mass is 9.90. The van der Waals surface area contributed by atoms with Crippen LogP contribution in [0.3, 0.4) is 0 Å². The molecule has 0 radical (unpaired) electrons. The van der Waals surface area contributed by atoms with Gasteiger partial charge in [0.1, 0.15) is 0 Å². The Balaban J connectivity index is 1.08. The Morgan fingerprint density at radius 1 is 0.354 bits per heavy atom. The quantitative estimate of drug-likeness (QED) is 0.114. The van der Waals surface area contributed by atoms with Crippen LogP contribution in [0.25, 0.3) is 94.7 Å². The van der Waals surface area contributed by atoms with E-state index in [-0.39, 0.29) is 0 Å². The van der Waals surface area contributed by atoms with Gasteiger partial charge in [0.25, 0.3) is 0 Å². The summed E-state index contributed by atoms with van der Waals surface area (Å²) in [6.07, 6.45) is 11.3. The summed E-state index contributed by atoms with van der Waals surface area (Å²) in [6.45, 7) is 0. The van der Waals surface area contributed by atoms with Gasteiger partial charge in [0.05, 0.1) is 22.2 Å². The summed E-state index contributed by atoms with van der Waals surface area (Å²) < 4.78 is 5.12. The predicted molar refractivity (Wildman–Crippen MR) is 346 cm³/mol. The van der Waals surface area contributed by atoms with E-state index in [1.807, 2.05) is 6.08 Å². The lowest BCUT2D eigenvalue weighted by Gasteiger charge is -2.43. The molecule has 0 saturated heterocycles. The van der Waals surface area contributed by atoms with Crippen molar-refractivity contribution < 1.29 is 0 Å². The second-order valence-electron chi connectivity index (χ2n) is 21.3. The van der Waals surface area contributed by atoms with Gasteiger partial charge in [0, 0.05) is 70.2 Å². The van der Waals surface area contributed by atoms with Gasteiger partial charge in [-0.05, 0) is 148 Å². The molecule has 0 bridgehead atoms. The van der Waals surface area contributed by atoms with Crippen LogP contribution in [0.1, 0.15) is 35.2 Å². The molecule has 0 aliphatic heterocycles. The van der Waals surface area contributed by atoms with E-state index in [9.17, 15) is 0 Å². The van der Waals surface area contributed by atoms with Crippen molar-refractivity contribution in [1.82, 2.24) is 9.13 Å². The van der Waals surface area contributed by atoms with Crippen LogP contribution < -0.4 is 0 Å². The largest absolute Gasteiger partial charge is 0.312 e. The van der Waals surface area contributed by atoms with Crippen LogP contribution in [0.15, 0.2) is 317 Å². The molecule has 0 amide bonds. The number of allylic oxidation sites excluding steroid dienone is 5. The Labute approximate surface area is 481 Å². The molecule has 0 atom stereocenters. The first-order valence-corrected chi connectivity index (χ1v) is 30.0. The van der Waals surface area contributed by atoms with Crippen molar-refractivity contribution in [3.8, 4) is 56.6 Å². The zero-order chi connectivity index (χ0) is 54.4. The van der Waals surface area contributed by atoms with Crippen LogP contribution in [0.5, 0.6) is 0 Å². The van der Waals surface area contributed by atoms with Crippen molar-refractivity contribution >= 4 is 60.0 Å². The number of hydrogen-bond acceptors (Lipinski definition) is 0. The van der Waals surface area contributed by atoms with Crippen molar-refractivity contribution in [1.29, 1.82) is 0 Å². The second-order valence-corrected chi connectivity index (χ2v) is 24.4. The van der Waals surface area contributed by atoms with E-state index in [0.717, 1.165) is 24.1 Å². The number of hydrogen-bond donors (Lipinski definition) is 0. The lowest BCUT2D eigenvalue weighted by Crippen LogP contribution is -2.12. The van der Waals surface area contributed by atoms with Crippen LogP contribution in [-0.2, 0) is 6.42 Å². The molecule has 0 unspecified atom stereocenters. The fraction of sp³-hybridized carbons (Fsp3) is 0.0380. The predicted octanol–water partition coefficient (Wildman–Crippen LogP) is 20.9. The van der Waals surface area contributed by atoms with E-state index in [2.05, 4.69) is 318 Å². The summed E-state index contributed by atoms with van der Waals surface area (Å²) in [5, 5.41) is 3.73. The smallest absolute Gasteiger partial charge is 0.0613 e. The van der Waals surface area contributed by atoms with Gasteiger partial charge >= 0.3 is 0 Å². The van der Waals surface area contributed by atoms with Gasteiger partial charge in [-0.1, -0.05) is 224 Å². The fourth-order valence-electron chi connectivity index (χ4n) is 12.9. The van der Waals surface area contributed by atoms with Crippen molar-refractivity contribution in [2.24, 2.45) is 0 Å². The summed E-state index contributed by atoms with van der Waals surface area (Å²) in [7, 11) is -2.33. The molecule has 15 rings (SSSR count). The SMILES string of the molecule is C1#CCC(c2cc(S(c3ccccc3)(c3cccc(-c4ccccc4)c3)c3cccc(-c4ccccc4)c3)cc(-c3ccccc3)c2-n2c3c(c4cc(-n5c6ccccc6c6ccccc65)ccc42)C=C(c2ccccc2)CC3)=CC=C1. The molecule has 13 aromatic rings. The third-order valence-electron chi connectivity index (χ3n) is 16.7. The molecule has 2 aliphatic rings. The molecule has 0 saturated carbocycles. The van der Waals surface area contributed by atoms with Crippen molar-refractivity contribution in [2.75, 3.05) is 0 Å². The first kappa shape index (κ1) is 49.0. The second kappa shape index (κ2) is 20.8. The van der Waals surface area contributed by atoms with Gasteiger partial charge in [-0.25, -0.2) is 0 Å². The van der Waals surface area contributed by atoms with E-state index in [1.165, 1.54) is 119 Å². The first-order valence-electron chi connectivity index (χ1n) is 28.4. The Morgan fingerprint density at radius 3 is 1.49 bits per heavy atom. The number of para-hydroxylation sites is 2. The molecule has 3 heteroatoms. The lowest BCUT2D eigenvalue weighted by molar-refractivity contribution is 0.896. The fourth-order valence-corrected chi connectivity index (χ4v) is 16.9. The molecule has 11 aromatic carbocycles. The summed E-state index contributed by atoms with van der Waals surface area (Å²) in [4.78, 5) is 5.03. The molecule has 388 valence electrons. The van der Waals surface area contributed by atoms with E-state index < -0.39 is 10.0 Å². The molecule has 2 aromatic heterocycles. The maximum absolute atomic E-state index is 3.59. The molecular weight excluding hydrogens is 1010 g/mol. The zero-order valence-corrected chi connectivity index (χ0v) is 46.1. The Bertz CT molecular complexity index is 4600. The molecule has 2 heterocycles. The number of rotatable bonds is 11. The third-order valence-corrected chi connectivity index (χ3v) is 20.5. The van der Waals surface area contributed by atoms with E-state index in [0.29, 0.717) is 6.42 Å². The van der Waals surface area contributed by atoms with Crippen LogP contribution in [-0.4, -0.2) is 9.13 Å². The Kier molecular flexibility index (Phi) is 12.4. The van der Waals surface area contributed by atoms with Crippen LogP contribution in [0.2, 0.25) is 0 Å². The highest BCUT2D eigenvalue weighted by molar-refractivity contribution is 8.34. The molecular formula is C79H56N2S. The normalized spacial score (nSPS) is 13.3. The highest BCUT2D eigenvalue weighted by Crippen LogP contribution is 2.74. The number of benzene rings is 11. The van der Waals surface area contributed by atoms with Crippen LogP contribution in [0, 0.1) is 11.8 Å². The third kappa shape index (κ3) is 8.38. The maximum atomic E-state index is 3.59. The van der Waals surface area contributed by atoms with Gasteiger partial charge < -0.3 is 9.13 Å². The minimum Gasteiger partial charge on any atom is -0.312 e. The minimum atomic E-state index is -2.33. The van der Waals surface area contributed by atoms with Gasteiger partial charge in [-0.2, -0.15) is 0 Å². The van der Waals surface area contributed by atoms with Crippen molar-refractivity contribution in [3.63, 3.8) is 0 Å². The van der Waals surface area contributed by atoms with Crippen molar-refractivity contribution in [3.05, 3.63) is 320 Å². The number of aromatic nitrogens is 2. The summed E-state index contributed by atoms with van der Waals surface area (Å²) in [5.41, 5.74) is 20.5. The molecule has 0 fully saturated rings. The minimum absolute atomic E-state index is 0.593. The van der Waals surface area contributed by atoms with Gasteiger partial charge in [0.2, 0.25) is 0 Å². The maximum Gasteiger partial charge on any atom is 0.0613 e. The summed E-state index contributed by atoms with van der Waals surface area (Å²) in [6, 6.07) is 104. The number of fused-ring (bicyclic) bond motifs is 6. The van der Waals surface area contributed by atoms with E-state index >= 15 is 0 Å². The summed E-state index contributed by atoms with van der Waals surface area (Å²) >= 11 is 0. The van der Waals surface area contributed by atoms with Gasteiger partial charge in [0.15, 0.2) is 0 Å². The number of nitrogens with zero attached hydrogens (tertiary/aromatic N) is 2. The highest BCUT2D eigenvalue weighted by Gasteiger charge is 2.37. The average molecular weight is 1070 g/mol. The topological polar surface area (TPSA) is 9.86 Å². The monoisotopic (exact) mass is 1060 g/mol. The molecule has 0 spiro atoms. The van der Waals surface area contributed by atoms with Crippen LogP contribution >= 0.6 is 10.0 Å². The standard InChI is InChI=1S/C79H56N2S/c1-2-9-33-59(32-8-1)71-54-68(82(65-38-18-7-19-39-65,66-40-24-36-61(50-66)56-26-10-3-11-27-56)67-41-25-37-62(51-67)57-28-12-4-13-29-57)55-72(60-34-16-6-17-35-60)79(71)81-77-48-46-63(58-30-14-5-15-31-58)52-73(77)74-53-64(47-49-78(74)81)80-75-44-22-20-42-69(75)70-43-21-23-45-76(70)80/h1,3-8,10-32,34-45,47,49-55H,33,46,48H2. The average Bonchev–Trinajstić information content (AvgIpc) is 2.67. The van der Waals surface area contributed by atoms with Crippen LogP contribution in [0.4, 0.5) is 0 Å². The zero-order valence-electron chi connectivity index (χ0n) is 45.3. The molecule has 2 aliphatic carbocycles. The van der Waals surface area contributed by atoms with E-state index in [4.69, 9.17) is 0 Å². The Hall–Kier alpha value is -10.1. The molecule has 82 heavy (non-hydrogen) atoms. The first-order chi connectivity index (χ1) is 40.7. The van der Waals surface area contributed by atoms with Crippen molar-refractivity contribution in [2.45, 2.75) is 38.8 Å². The summed E-state index contributed by atoms with van der Waals surface area (Å²) in [5.74, 6) is 6.95. The van der Waals surface area contributed by atoms with E-state index in [1.54, 1.807) is 0 Å². The molecule has 0 N–H and O–H groups in total. The van der Waals surface area contributed by atoms with Gasteiger partial charge in [-0.3, -0.25) is 0 Å².